The van der Waals surface area contributed by atoms with Crippen molar-refractivity contribution in [1.82, 2.24) is 9.78 Å². The molecule has 0 spiro atoms. The molecular weight excluding hydrogens is 284 g/mol. The first-order valence-electron chi connectivity index (χ1n) is 8.13. The fraction of sp³-hybridized carbons (Fsp3) is 0.765. The Balaban J connectivity index is 2.22. The van der Waals surface area contributed by atoms with Crippen molar-refractivity contribution in [3.05, 3.63) is 16.4 Å². The molecule has 0 atom stereocenters. The van der Waals surface area contributed by atoms with E-state index in [0.29, 0.717) is 23.1 Å². The lowest BCUT2D eigenvalue weighted by molar-refractivity contribution is -0.128. The molecule has 1 aliphatic carbocycles. The van der Waals surface area contributed by atoms with E-state index in [-0.39, 0.29) is 5.41 Å². The molecule has 0 amide bonds. The lowest BCUT2D eigenvalue weighted by Crippen LogP contribution is -2.31. The molecule has 0 saturated heterocycles. The number of aryl methyl sites for hydroxylation is 2. The van der Waals surface area contributed by atoms with Crippen LogP contribution in [0.2, 0.25) is 5.02 Å². The Kier molecular flexibility index (Phi) is 5.13. The Morgan fingerprint density at radius 1 is 1.38 bits per heavy atom. The molecule has 0 bridgehead atoms. The molecule has 1 aromatic heterocycles. The highest BCUT2D eigenvalue weighted by molar-refractivity contribution is 6.32. The Bertz CT molecular complexity index is 513. The highest BCUT2D eigenvalue weighted by Gasteiger charge is 2.41. The van der Waals surface area contributed by atoms with Gasteiger partial charge < -0.3 is 0 Å². The number of hydrogen-bond acceptors (Lipinski definition) is 2. The molecular formula is C17H27ClN2O. The highest BCUT2D eigenvalue weighted by atomic mass is 35.5. The second-order valence-electron chi connectivity index (χ2n) is 6.87. The van der Waals surface area contributed by atoms with Crippen molar-refractivity contribution < 1.29 is 4.79 Å². The van der Waals surface area contributed by atoms with Crippen LogP contribution in [0.3, 0.4) is 0 Å². The Morgan fingerprint density at radius 2 is 2.00 bits per heavy atom. The average Bonchev–Trinajstić information content (AvgIpc) is 2.98. The van der Waals surface area contributed by atoms with E-state index in [4.69, 9.17) is 11.6 Å². The first kappa shape index (κ1) is 16.5. The van der Waals surface area contributed by atoms with Gasteiger partial charge >= 0.3 is 0 Å². The number of carbonyl (C=O) groups excluding carboxylic acids is 1. The van der Waals surface area contributed by atoms with Gasteiger partial charge in [-0.2, -0.15) is 5.10 Å². The molecule has 1 aromatic rings. The summed E-state index contributed by atoms with van der Waals surface area (Å²) in [7, 11) is 1.89. The van der Waals surface area contributed by atoms with Crippen LogP contribution in [-0.4, -0.2) is 15.6 Å². The molecule has 3 nitrogen and oxygen atoms in total. The zero-order valence-electron chi connectivity index (χ0n) is 13.7. The Hall–Kier alpha value is -0.830. The Labute approximate surface area is 133 Å². The van der Waals surface area contributed by atoms with Crippen molar-refractivity contribution >= 4 is 17.4 Å². The molecule has 1 fully saturated rings. The quantitative estimate of drug-likeness (QED) is 0.782. The number of rotatable bonds is 6. The first-order valence-corrected chi connectivity index (χ1v) is 8.51. The minimum atomic E-state index is -0.117. The maximum atomic E-state index is 13.0. The molecule has 0 radical (unpaired) electrons. The third-order valence-corrected chi connectivity index (χ3v) is 5.22. The van der Waals surface area contributed by atoms with Crippen LogP contribution in [0.5, 0.6) is 0 Å². The van der Waals surface area contributed by atoms with E-state index in [1.807, 2.05) is 14.0 Å². The normalized spacial score (nSPS) is 17.6. The summed E-state index contributed by atoms with van der Waals surface area (Å²) < 4.78 is 1.79. The van der Waals surface area contributed by atoms with Gasteiger partial charge in [0.25, 0.3) is 0 Å². The van der Waals surface area contributed by atoms with E-state index in [1.54, 1.807) is 4.68 Å². The summed E-state index contributed by atoms with van der Waals surface area (Å²) in [4.78, 5) is 13.0. The summed E-state index contributed by atoms with van der Waals surface area (Å²) in [6.45, 7) is 6.45. The number of ketones is 1. The predicted molar refractivity (Wildman–Crippen MR) is 86.7 cm³/mol. The molecule has 118 valence electrons. The van der Waals surface area contributed by atoms with Crippen LogP contribution in [-0.2, 0) is 24.7 Å². The van der Waals surface area contributed by atoms with Crippen molar-refractivity contribution in [3.8, 4) is 0 Å². The predicted octanol–water partition coefficient (Wildman–Crippen LogP) is 4.35. The summed E-state index contributed by atoms with van der Waals surface area (Å²) in [6.07, 6.45) is 6.67. The summed E-state index contributed by atoms with van der Waals surface area (Å²) in [5.41, 5.74) is 1.66. The topological polar surface area (TPSA) is 34.9 Å². The van der Waals surface area contributed by atoms with Crippen molar-refractivity contribution in [2.45, 2.75) is 65.7 Å². The molecule has 0 N–H and O–H groups in total. The SMILES string of the molecule is CCc1nn(C)c(CC(=O)C2(CC(C)C)CCCC2)c1Cl. The Morgan fingerprint density at radius 3 is 2.48 bits per heavy atom. The third-order valence-electron chi connectivity index (χ3n) is 4.78. The van der Waals surface area contributed by atoms with E-state index in [9.17, 15) is 4.79 Å². The largest absolute Gasteiger partial charge is 0.299 e. The summed E-state index contributed by atoms with van der Waals surface area (Å²) >= 11 is 6.40. The van der Waals surface area contributed by atoms with Crippen LogP contribution in [0.1, 0.15) is 64.3 Å². The van der Waals surface area contributed by atoms with Crippen molar-refractivity contribution in [2.75, 3.05) is 0 Å². The lowest BCUT2D eigenvalue weighted by atomic mass is 9.74. The molecule has 21 heavy (non-hydrogen) atoms. The zero-order valence-corrected chi connectivity index (χ0v) is 14.5. The average molecular weight is 311 g/mol. The summed E-state index contributed by atoms with van der Waals surface area (Å²) in [5, 5.41) is 5.11. The van der Waals surface area contributed by atoms with Gasteiger partial charge in [-0.05, 0) is 31.6 Å². The van der Waals surface area contributed by atoms with E-state index >= 15 is 0 Å². The van der Waals surface area contributed by atoms with E-state index in [1.165, 1.54) is 12.8 Å². The van der Waals surface area contributed by atoms with Crippen molar-refractivity contribution in [2.24, 2.45) is 18.4 Å². The molecule has 1 heterocycles. The lowest BCUT2D eigenvalue weighted by Gasteiger charge is -2.29. The van der Waals surface area contributed by atoms with Gasteiger partial charge in [0.1, 0.15) is 5.78 Å². The van der Waals surface area contributed by atoms with Crippen molar-refractivity contribution in [3.63, 3.8) is 0 Å². The monoisotopic (exact) mass is 310 g/mol. The van der Waals surface area contributed by atoms with Gasteiger partial charge in [-0.25, -0.2) is 0 Å². The van der Waals surface area contributed by atoms with Gasteiger partial charge in [0, 0.05) is 12.5 Å². The smallest absolute Gasteiger partial charge is 0.145 e. The van der Waals surface area contributed by atoms with Crippen LogP contribution in [0.4, 0.5) is 0 Å². The number of hydrogen-bond donors (Lipinski definition) is 0. The fourth-order valence-corrected chi connectivity index (χ4v) is 4.14. The third kappa shape index (κ3) is 3.33. The van der Waals surface area contributed by atoms with E-state index < -0.39 is 0 Å². The van der Waals surface area contributed by atoms with Gasteiger partial charge in [0.15, 0.2) is 0 Å². The molecule has 1 saturated carbocycles. The van der Waals surface area contributed by atoms with Crippen LogP contribution >= 0.6 is 11.6 Å². The van der Waals surface area contributed by atoms with Crippen LogP contribution in [0.15, 0.2) is 0 Å². The molecule has 2 rings (SSSR count). The first-order chi connectivity index (χ1) is 9.89. The second-order valence-corrected chi connectivity index (χ2v) is 7.25. The maximum Gasteiger partial charge on any atom is 0.145 e. The molecule has 0 unspecified atom stereocenters. The minimum Gasteiger partial charge on any atom is -0.299 e. The minimum absolute atomic E-state index is 0.117. The second kappa shape index (κ2) is 6.51. The van der Waals surface area contributed by atoms with E-state index in [2.05, 4.69) is 18.9 Å². The highest BCUT2D eigenvalue weighted by Crippen LogP contribution is 2.44. The summed E-state index contributed by atoms with van der Waals surface area (Å²) in [5.74, 6) is 0.918. The van der Waals surface area contributed by atoms with Gasteiger partial charge in [-0.15, -0.1) is 0 Å². The maximum absolute atomic E-state index is 13.0. The fourth-order valence-electron chi connectivity index (χ4n) is 3.78. The van der Waals surface area contributed by atoms with Gasteiger partial charge in [-0.1, -0.05) is 45.2 Å². The zero-order chi connectivity index (χ0) is 15.6. The number of halogens is 1. The van der Waals surface area contributed by atoms with Crippen molar-refractivity contribution in [1.29, 1.82) is 0 Å². The molecule has 1 aliphatic rings. The van der Waals surface area contributed by atoms with Crippen LogP contribution < -0.4 is 0 Å². The van der Waals surface area contributed by atoms with Crippen LogP contribution in [0, 0.1) is 11.3 Å². The number of nitrogens with zero attached hydrogens (tertiary/aromatic N) is 2. The van der Waals surface area contributed by atoms with Gasteiger partial charge in [0.2, 0.25) is 0 Å². The summed E-state index contributed by atoms with van der Waals surface area (Å²) in [6, 6.07) is 0. The number of aromatic nitrogens is 2. The number of Topliss-reactive ketones (excluding diaryl/α,β-unsaturated/α-hetero) is 1. The molecule has 4 heteroatoms. The van der Waals surface area contributed by atoms with Crippen LogP contribution in [0.25, 0.3) is 0 Å². The van der Waals surface area contributed by atoms with Gasteiger partial charge in [0.05, 0.1) is 22.8 Å². The standard InChI is InChI=1S/C17H27ClN2O/c1-5-13-16(18)14(20(4)19-13)10-15(21)17(11-12(2)3)8-6-7-9-17/h12H,5-11H2,1-4H3. The van der Waals surface area contributed by atoms with Gasteiger partial charge in [-0.3, -0.25) is 9.48 Å². The van der Waals surface area contributed by atoms with E-state index in [0.717, 1.165) is 37.1 Å². The molecule has 0 aliphatic heterocycles. The number of carbonyl (C=O) groups is 1. The molecule has 0 aromatic carbocycles.